The number of unbranched alkanes of at least 4 members (excludes halogenated alkanes) is 2. The van der Waals surface area contributed by atoms with Gasteiger partial charge in [-0.25, -0.2) is 4.58 Å². The predicted molar refractivity (Wildman–Crippen MR) is 185 cm³/mol. The van der Waals surface area contributed by atoms with Gasteiger partial charge in [0.25, 0.3) is 0 Å². The Labute approximate surface area is 263 Å². The average Bonchev–Trinajstić information content (AvgIpc) is 3.06. The summed E-state index contributed by atoms with van der Waals surface area (Å²) in [5.74, 6) is 0.980. The van der Waals surface area contributed by atoms with Crippen LogP contribution >= 0.6 is 0 Å². The van der Waals surface area contributed by atoms with Crippen LogP contribution in [0.2, 0.25) is 0 Å². The molecule has 0 amide bonds. The van der Waals surface area contributed by atoms with Gasteiger partial charge in [0.15, 0.2) is 0 Å². The maximum absolute atomic E-state index is 10.6. The van der Waals surface area contributed by atoms with E-state index in [0.717, 1.165) is 67.7 Å². The minimum atomic E-state index is -0.169. The Kier molecular flexibility index (Phi) is 15.7. The summed E-state index contributed by atoms with van der Waals surface area (Å²) in [7, 11) is 2.89. The van der Waals surface area contributed by atoms with Crippen LogP contribution in [0, 0.1) is 5.41 Å². The first-order valence-corrected chi connectivity index (χ1v) is 15.7. The van der Waals surface area contributed by atoms with Crippen LogP contribution in [0.3, 0.4) is 0 Å². The molecule has 0 saturated heterocycles. The minimum Gasteiger partial charge on any atom is -0.469 e. The Morgan fingerprint density at radius 1 is 0.886 bits per heavy atom. The first-order chi connectivity index (χ1) is 21.4. The fourth-order valence-electron chi connectivity index (χ4n) is 5.22. The van der Waals surface area contributed by atoms with E-state index in [1.54, 1.807) is 0 Å². The zero-order valence-electron chi connectivity index (χ0n) is 27.5. The first-order valence-electron chi connectivity index (χ1n) is 15.7. The van der Waals surface area contributed by atoms with Crippen molar-refractivity contribution in [3.63, 3.8) is 0 Å². The van der Waals surface area contributed by atoms with Crippen molar-refractivity contribution in [2.75, 3.05) is 45.2 Å². The van der Waals surface area contributed by atoms with Gasteiger partial charge < -0.3 is 25.5 Å². The third-order valence-corrected chi connectivity index (χ3v) is 7.56. The van der Waals surface area contributed by atoms with Gasteiger partial charge in [-0.1, -0.05) is 36.8 Å². The standard InChI is InChI=1S/C27H31N2O.C8H16N2O2.CH5N/c1-5-28(6-2)21-14-16-23-25(18-21)30-26-19-22(29(7-3)8-4)15-17-24(26)27(23)20-12-10-9-11-13-20;1-12-8(11)6-4-2-3-5-7(9)10;1-2/h9-19H,5-8H2,1-4H3;2-6H2,1H3,(H3,9,10);2H2,1H3/q+1;;. The Balaban J connectivity index is 0.000000409. The Morgan fingerprint density at radius 2 is 1.55 bits per heavy atom. The second kappa shape index (κ2) is 19.2. The van der Waals surface area contributed by atoms with Crippen molar-refractivity contribution < 1.29 is 13.9 Å². The van der Waals surface area contributed by atoms with Gasteiger partial charge in [0.05, 0.1) is 19.0 Å². The molecule has 1 aliphatic carbocycles. The van der Waals surface area contributed by atoms with E-state index in [-0.39, 0.29) is 11.8 Å². The van der Waals surface area contributed by atoms with Crippen LogP contribution in [0.5, 0.6) is 0 Å². The Bertz CT molecular complexity index is 1490. The number of fused-ring (bicyclic) bond motifs is 2. The van der Waals surface area contributed by atoms with Gasteiger partial charge >= 0.3 is 5.97 Å². The molecule has 2 aliphatic rings. The van der Waals surface area contributed by atoms with Gasteiger partial charge in [-0.05, 0) is 71.3 Å². The summed E-state index contributed by atoms with van der Waals surface area (Å²) in [4.78, 5) is 13.0. The average molecular weight is 603 g/mol. The molecule has 2 aromatic carbocycles. The molecule has 44 heavy (non-hydrogen) atoms. The lowest BCUT2D eigenvalue weighted by Gasteiger charge is -2.22. The fourth-order valence-corrected chi connectivity index (χ4v) is 5.22. The molecule has 2 aromatic rings. The molecule has 8 heteroatoms. The number of hydrogen-bond acceptors (Lipinski definition) is 6. The summed E-state index contributed by atoms with van der Waals surface area (Å²) in [6, 6.07) is 23.9. The van der Waals surface area contributed by atoms with Gasteiger partial charge in [0, 0.05) is 60.3 Å². The second-order valence-electron chi connectivity index (χ2n) is 10.2. The van der Waals surface area contributed by atoms with Gasteiger partial charge in [-0.2, -0.15) is 0 Å². The zero-order valence-corrected chi connectivity index (χ0v) is 27.5. The molecule has 8 nitrogen and oxygen atoms in total. The van der Waals surface area contributed by atoms with E-state index in [9.17, 15) is 4.79 Å². The highest BCUT2D eigenvalue weighted by Gasteiger charge is 2.19. The summed E-state index contributed by atoms with van der Waals surface area (Å²) in [5.41, 5.74) is 15.4. The number of nitrogens with one attached hydrogen (secondary N) is 1. The van der Waals surface area contributed by atoms with E-state index < -0.39 is 0 Å². The molecule has 1 heterocycles. The van der Waals surface area contributed by atoms with E-state index in [0.29, 0.717) is 12.8 Å². The van der Waals surface area contributed by atoms with Crippen LogP contribution in [-0.2, 0) is 9.53 Å². The van der Waals surface area contributed by atoms with Crippen molar-refractivity contribution in [1.29, 1.82) is 5.41 Å². The Hall–Kier alpha value is -4.17. The third kappa shape index (κ3) is 9.95. The summed E-state index contributed by atoms with van der Waals surface area (Å²) < 4.78 is 13.3. The molecule has 0 bridgehead atoms. The van der Waals surface area contributed by atoms with Crippen molar-refractivity contribution in [3.05, 3.63) is 72.1 Å². The predicted octanol–water partition coefficient (Wildman–Crippen LogP) is 6.48. The number of anilines is 1. The number of amidine groups is 1. The first kappa shape index (κ1) is 36.0. The van der Waals surface area contributed by atoms with Gasteiger partial charge in [-0.15, -0.1) is 0 Å². The number of ether oxygens (including phenoxy) is 1. The van der Waals surface area contributed by atoms with Crippen LogP contribution in [0.25, 0.3) is 33.4 Å². The topological polar surface area (TPSA) is 122 Å². The highest BCUT2D eigenvalue weighted by Crippen LogP contribution is 2.40. The maximum Gasteiger partial charge on any atom is 0.305 e. The molecule has 1 aliphatic heterocycles. The molecule has 238 valence electrons. The summed E-state index contributed by atoms with van der Waals surface area (Å²) in [6.07, 6.45) is 3.72. The molecule has 0 atom stereocenters. The molecule has 0 aromatic heterocycles. The van der Waals surface area contributed by atoms with Crippen LogP contribution < -0.4 is 26.3 Å². The van der Waals surface area contributed by atoms with E-state index in [1.807, 2.05) is 0 Å². The monoisotopic (exact) mass is 602 g/mol. The minimum absolute atomic E-state index is 0.169. The number of esters is 1. The molecular formula is C36H52N5O3+. The van der Waals surface area contributed by atoms with Gasteiger partial charge in [0.1, 0.15) is 24.4 Å². The molecule has 0 saturated carbocycles. The Morgan fingerprint density at radius 3 is 2.14 bits per heavy atom. The molecule has 5 N–H and O–H groups in total. The molecule has 0 spiro atoms. The molecule has 4 rings (SSSR count). The zero-order chi connectivity index (χ0) is 32.5. The number of hydrogen-bond donors (Lipinski definition) is 3. The highest BCUT2D eigenvalue weighted by molar-refractivity contribution is 6.02. The van der Waals surface area contributed by atoms with Crippen LogP contribution in [0.1, 0.15) is 59.8 Å². The number of rotatable bonds is 12. The number of carbonyl (C=O) groups excluding carboxylic acids is 1. The third-order valence-electron chi connectivity index (χ3n) is 7.56. The summed E-state index contributed by atoms with van der Waals surface area (Å²) >= 11 is 0. The van der Waals surface area contributed by atoms with Crippen molar-refractivity contribution in [3.8, 4) is 22.5 Å². The maximum atomic E-state index is 10.6. The lowest BCUT2D eigenvalue weighted by atomic mass is 9.93. The van der Waals surface area contributed by atoms with Crippen molar-refractivity contribution in [2.45, 2.75) is 59.8 Å². The summed E-state index contributed by atoms with van der Waals surface area (Å²) in [6.45, 7) is 12.7. The van der Waals surface area contributed by atoms with E-state index in [2.05, 4.69) is 114 Å². The summed E-state index contributed by atoms with van der Waals surface area (Å²) in [5, 5.41) is 9.29. The second-order valence-corrected chi connectivity index (χ2v) is 10.2. The normalized spacial score (nSPS) is 10.3. The largest absolute Gasteiger partial charge is 0.469 e. The lowest BCUT2D eigenvalue weighted by Crippen LogP contribution is -2.29. The van der Waals surface area contributed by atoms with E-state index in [4.69, 9.17) is 15.6 Å². The van der Waals surface area contributed by atoms with Crippen LogP contribution in [0.4, 0.5) is 5.69 Å². The van der Waals surface area contributed by atoms with Crippen LogP contribution in [0.15, 0.2) is 71.1 Å². The lowest BCUT2D eigenvalue weighted by molar-refractivity contribution is -0.140. The molecule has 0 fully saturated rings. The SMILES string of the molecule is CCN(CC)c1ccc2c(-c3ccccc3)c3ccc(=[N+](CC)CC)cc-3oc2c1.CN.COC(=O)CCCCCC(=N)N. The highest BCUT2D eigenvalue weighted by atomic mass is 16.5. The van der Waals surface area contributed by atoms with E-state index in [1.165, 1.54) is 36.3 Å². The van der Waals surface area contributed by atoms with Gasteiger partial charge in [-0.3, -0.25) is 10.2 Å². The van der Waals surface area contributed by atoms with Gasteiger partial charge in [0.2, 0.25) is 5.36 Å². The number of nitrogens with two attached hydrogens (primary N) is 2. The van der Waals surface area contributed by atoms with Crippen molar-refractivity contribution in [1.82, 2.24) is 4.58 Å². The molecular weight excluding hydrogens is 550 g/mol. The number of methoxy groups -OCH3 is 1. The van der Waals surface area contributed by atoms with E-state index >= 15 is 0 Å². The van der Waals surface area contributed by atoms with Crippen molar-refractivity contribution in [2.24, 2.45) is 11.5 Å². The molecule has 0 radical (unpaired) electrons. The van der Waals surface area contributed by atoms with Crippen LogP contribution in [-0.4, -0.2) is 52.1 Å². The number of nitrogens with zero attached hydrogens (tertiary/aromatic N) is 2. The fraction of sp³-hybridized carbons (Fsp3) is 0.417. The van der Waals surface area contributed by atoms with Crippen molar-refractivity contribution >= 4 is 28.5 Å². The number of carbonyl (C=O) groups is 1. The quantitative estimate of drug-likeness (QED) is 0.0426. The molecule has 0 unspecified atom stereocenters. The number of benzene rings is 3. The smallest absolute Gasteiger partial charge is 0.305 e.